The normalized spacial score (nSPS) is 11.5. The molecule has 0 aromatic heterocycles. The predicted molar refractivity (Wildman–Crippen MR) is 259 cm³/mol. The lowest BCUT2D eigenvalue weighted by atomic mass is 10.0. The van der Waals surface area contributed by atoms with Gasteiger partial charge in [0.1, 0.15) is 25.5 Å². The quantitative estimate of drug-likeness (QED) is 0.0439. The third kappa shape index (κ3) is 26.8. The number of nitrogens with one attached hydrogen (secondary N) is 2. The van der Waals surface area contributed by atoms with Gasteiger partial charge in [-0.15, -0.1) is 0 Å². The zero-order valence-corrected chi connectivity index (χ0v) is 39.5. The van der Waals surface area contributed by atoms with E-state index in [0.717, 1.165) is 36.1 Å². The third-order valence-corrected chi connectivity index (χ3v) is 11.8. The van der Waals surface area contributed by atoms with Crippen molar-refractivity contribution in [3.8, 4) is 5.75 Å². The molecule has 0 aliphatic heterocycles. The average molecular weight is 869 g/mol. The minimum absolute atomic E-state index is 0.0221. The van der Waals surface area contributed by atoms with E-state index < -0.39 is 24.0 Å². The Morgan fingerprint density at radius 1 is 0.492 bits per heavy atom. The Bertz CT molecular complexity index is 1600. The van der Waals surface area contributed by atoms with Crippen molar-refractivity contribution in [1.82, 2.24) is 10.6 Å². The van der Waals surface area contributed by atoms with Crippen molar-refractivity contribution in [3.05, 3.63) is 101 Å². The summed E-state index contributed by atoms with van der Waals surface area (Å²) in [6.45, 7) is 4.98. The molecule has 0 aliphatic rings. The first kappa shape index (κ1) is 53.0. The largest absolute Gasteiger partial charge is 0.494 e. The van der Waals surface area contributed by atoms with E-state index in [4.69, 9.17) is 14.2 Å². The summed E-state index contributed by atoms with van der Waals surface area (Å²) in [5, 5.41) is 5.20. The molecule has 1 atom stereocenters. The Labute approximate surface area is 382 Å². The number of esters is 2. The van der Waals surface area contributed by atoms with Gasteiger partial charge in [-0.05, 0) is 53.6 Å². The highest BCUT2D eigenvalue weighted by Crippen LogP contribution is 2.20. The molecule has 2 amide bonds. The lowest BCUT2D eigenvalue weighted by molar-refractivity contribution is -0.147. The van der Waals surface area contributed by atoms with Crippen molar-refractivity contribution in [3.63, 3.8) is 0 Å². The number of carbonyl (C=O) groups excluding carboxylic acids is 3. The maximum absolute atomic E-state index is 13.4. The van der Waals surface area contributed by atoms with E-state index in [0.29, 0.717) is 12.2 Å². The summed E-state index contributed by atoms with van der Waals surface area (Å²) in [6.07, 6.45) is 35.6. The smallest absolute Gasteiger partial charge is 0.333 e. The number of unbranched alkanes of at least 4 members (excludes halogenated alkanes) is 24. The summed E-state index contributed by atoms with van der Waals surface area (Å²) in [5.41, 5.74) is 3.52. The maximum atomic E-state index is 13.4. The summed E-state index contributed by atoms with van der Waals surface area (Å²) < 4.78 is 17.1. The summed E-state index contributed by atoms with van der Waals surface area (Å²) in [5.74, 6) is -0.449. The molecule has 8 nitrogen and oxygen atoms in total. The summed E-state index contributed by atoms with van der Waals surface area (Å²) >= 11 is 0. The van der Waals surface area contributed by atoms with Crippen LogP contribution < -0.4 is 15.4 Å². The van der Waals surface area contributed by atoms with Gasteiger partial charge in [0, 0.05) is 0 Å². The van der Waals surface area contributed by atoms with E-state index >= 15 is 0 Å². The predicted octanol–water partition coefficient (Wildman–Crippen LogP) is 14.6. The molecule has 1 unspecified atom stereocenters. The molecule has 0 heterocycles. The summed E-state index contributed by atoms with van der Waals surface area (Å²) in [6, 6.07) is 22.9. The Balaban J connectivity index is 1.27. The minimum Gasteiger partial charge on any atom is -0.494 e. The Morgan fingerprint density at radius 2 is 0.984 bits per heavy atom. The van der Waals surface area contributed by atoms with Gasteiger partial charge in [-0.2, -0.15) is 0 Å². The number of hydrogen-bond donors (Lipinski definition) is 2. The van der Waals surface area contributed by atoms with Crippen LogP contribution in [0, 0.1) is 0 Å². The topological polar surface area (TPSA) is 103 Å². The van der Waals surface area contributed by atoms with Gasteiger partial charge in [-0.1, -0.05) is 235 Å². The van der Waals surface area contributed by atoms with Crippen LogP contribution in [0.2, 0.25) is 0 Å². The average Bonchev–Trinajstić information content (AvgIpc) is 3.31. The van der Waals surface area contributed by atoms with Crippen molar-refractivity contribution in [2.75, 3.05) is 13.2 Å². The second-order valence-corrected chi connectivity index (χ2v) is 17.5. The summed E-state index contributed by atoms with van der Waals surface area (Å²) in [7, 11) is 0. The fraction of sp³-hybridized carbons (Fsp3) is 0.618. The number of ether oxygens (including phenoxy) is 3. The second-order valence-electron chi connectivity index (χ2n) is 17.5. The number of carbonyl (C=O) groups is 3. The Morgan fingerprint density at radius 3 is 1.54 bits per heavy atom. The number of amides is 2. The monoisotopic (exact) mass is 869 g/mol. The number of hydrogen-bond acceptors (Lipinski definition) is 6. The molecule has 63 heavy (non-hydrogen) atoms. The van der Waals surface area contributed by atoms with Crippen molar-refractivity contribution in [2.24, 2.45) is 0 Å². The lowest BCUT2D eigenvalue weighted by Crippen LogP contribution is -2.43. The Kier molecular flexibility index (Phi) is 30.3. The SMILES string of the molecule is CCCCCCCCCCCCCCCCCCOc1cccc(COC(=O)C(NC(=O)NCC(=O)OCc2ccc(CCCCCCCCCCCC)cc2)c2ccccc2)c1. The van der Waals surface area contributed by atoms with Crippen LogP contribution in [0.25, 0.3) is 0 Å². The zero-order valence-electron chi connectivity index (χ0n) is 39.5. The van der Waals surface area contributed by atoms with Gasteiger partial charge in [0.2, 0.25) is 0 Å². The van der Waals surface area contributed by atoms with Gasteiger partial charge in [-0.3, -0.25) is 4.79 Å². The van der Waals surface area contributed by atoms with Gasteiger partial charge < -0.3 is 24.8 Å². The van der Waals surface area contributed by atoms with Crippen molar-refractivity contribution < 1.29 is 28.6 Å². The van der Waals surface area contributed by atoms with Crippen molar-refractivity contribution >= 4 is 18.0 Å². The molecule has 8 heteroatoms. The molecule has 0 aliphatic carbocycles. The van der Waals surface area contributed by atoms with Crippen molar-refractivity contribution in [1.29, 1.82) is 0 Å². The molecule has 0 fully saturated rings. The van der Waals surface area contributed by atoms with Gasteiger partial charge in [0.25, 0.3) is 0 Å². The minimum atomic E-state index is -1.07. The third-order valence-electron chi connectivity index (χ3n) is 11.8. The first-order chi connectivity index (χ1) is 31.0. The van der Waals surface area contributed by atoms with Crippen LogP contribution in [0.1, 0.15) is 209 Å². The molecular weight excluding hydrogens is 785 g/mol. The number of benzene rings is 3. The van der Waals surface area contributed by atoms with Gasteiger partial charge in [0.05, 0.1) is 6.61 Å². The first-order valence-electron chi connectivity index (χ1n) is 25.2. The second kappa shape index (κ2) is 36.1. The summed E-state index contributed by atoms with van der Waals surface area (Å²) in [4.78, 5) is 38.8. The van der Waals surface area contributed by atoms with Crippen LogP contribution >= 0.6 is 0 Å². The molecule has 0 spiro atoms. The van der Waals surface area contributed by atoms with Gasteiger partial charge >= 0.3 is 18.0 Å². The highest BCUT2D eigenvalue weighted by molar-refractivity contribution is 5.86. The van der Waals surface area contributed by atoms with Crippen LogP contribution in [0.4, 0.5) is 4.79 Å². The number of rotatable bonds is 38. The van der Waals surface area contributed by atoms with Gasteiger partial charge in [-0.25, -0.2) is 9.59 Å². The molecular formula is C55H84N2O6. The fourth-order valence-electron chi connectivity index (χ4n) is 7.90. The van der Waals surface area contributed by atoms with E-state index in [1.54, 1.807) is 24.3 Å². The molecule has 0 radical (unpaired) electrons. The van der Waals surface area contributed by atoms with Gasteiger partial charge in [0.15, 0.2) is 6.04 Å². The highest BCUT2D eigenvalue weighted by Gasteiger charge is 2.25. The molecule has 2 N–H and O–H groups in total. The zero-order chi connectivity index (χ0) is 44.8. The highest BCUT2D eigenvalue weighted by atomic mass is 16.5. The molecule has 3 rings (SSSR count). The Hall–Kier alpha value is -4.33. The van der Waals surface area contributed by atoms with E-state index in [2.05, 4.69) is 36.6 Å². The number of urea groups is 1. The van der Waals surface area contributed by atoms with Crippen LogP contribution in [0.5, 0.6) is 5.75 Å². The maximum Gasteiger partial charge on any atom is 0.333 e. The lowest BCUT2D eigenvalue weighted by Gasteiger charge is -2.18. The molecule has 0 bridgehead atoms. The van der Waals surface area contributed by atoms with Crippen LogP contribution in [-0.2, 0) is 38.7 Å². The van der Waals surface area contributed by atoms with E-state index in [1.807, 2.05) is 42.5 Å². The molecule has 0 saturated heterocycles. The molecule has 350 valence electrons. The van der Waals surface area contributed by atoms with E-state index in [-0.39, 0.29) is 19.8 Å². The molecule has 0 saturated carbocycles. The standard InChI is InChI=1S/C55H84N2O6/c1-3-5-7-9-11-13-15-16-17-18-19-20-22-24-26-31-42-61-51-37-32-34-49(43-51)46-63-54(59)53(50-35-29-27-30-36-50)57-55(60)56-44-52(58)62-45-48-40-38-47(39-41-48)33-28-25-23-21-14-12-10-8-6-4-2/h27,29-30,32,34-41,43,53H,3-26,28,31,33,42,44-46H2,1-2H3,(H2,56,57,60). The van der Waals surface area contributed by atoms with Crippen LogP contribution in [-0.4, -0.2) is 31.1 Å². The van der Waals surface area contributed by atoms with E-state index in [1.165, 1.54) is 160 Å². The number of aryl methyl sites for hydroxylation is 1. The molecule has 3 aromatic carbocycles. The fourth-order valence-corrected chi connectivity index (χ4v) is 7.90. The molecule has 3 aromatic rings. The van der Waals surface area contributed by atoms with Crippen LogP contribution in [0.3, 0.4) is 0 Å². The first-order valence-corrected chi connectivity index (χ1v) is 25.2. The van der Waals surface area contributed by atoms with E-state index in [9.17, 15) is 14.4 Å². The van der Waals surface area contributed by atoms with Crippen molar-refractivity contribution in [2.45, 2.75) is 206 Å². The van der Waals surface area contributed by atoms with Crippen LogP contribution in [0.15, 0.2) is 78.9 Å².